The molecule has 9 heteroatoms. The molecule has 43 heavy (non-hydrogen) atoms. The fraction of sp³-hybridized carbons (Fsp3) is 0.912. The second-order valence-corrected chi connectivity index (χ2v) is 15.4. The van der Waals surface area contributed by atoms with Gasteiger partial charge in [-0.05, 0) is 80.0 Å². The Morgan fingerprint density at radius 3 is 0.907 bits per heavy atom. The molecule has 5 saturated heterocycles. The van der Waals surface area contributed by atoms with Crippen molar-refractivity contribution >= 4 is 0 Å². The minimum Gasteiger partial charge on any atom is -0.358 e. The monoisotopic (exact) mass is 644 g/mol. The van der Waals surface area contributed by atoms with Gasteiger partial charge in [-0.1, -0.05) is 51.4 Å². The van der Waals surface area contributed by atoms with E-state index in [1.54, 1.807) is 0 Å². The molecule has 4 saturated carbocycles. The molecule has 16 unspecified atom stereocenters. The van der Waals surface area contributed by atoms with E-state index in [0.717, 1.165) is 35.5 Å². The number of hydrogen-bond acceptors (Lipinski definition) is 8. The van der Waals surface area contributed by atoms with Gasteiger partial charge in [0.2, 0.25) is 0 Å². The van der Waals surface area contributed by atoms with Crippen LogP contribution in [0.3, 0.4) is 0 Å². The maximum atomic E-state index is 4.25. The summed E-state index contributed by atoms with van der Waals surface area (Å²) >= 11 is 0. The van der Waals surface area contributed by atoms with Crippen molar-refractivity contribution in [3.8, 4) is 0 Å². The van der Waals surface area contributed by atoms with Gasteiger partial charge in [-0.2, -0.15) is 6.42 Å². The van der Waals surface area contributed by atoms with Gasteiger partial charge in [0, 0.05) is 23.2 Å². The van der Waals surface area contributed by atoms with E-state index in [4.69, 9.17) is 0 Å². The summed E-state index contributed by atoms with van der Waals surface area (Å²) in [6, 6.07) is 0. The van der Waals surface area contributed by atoms with Gasteiger partial charge in [-0.15, -0.1) is 5.92 Å². The van der Waals surface area contributed by atoms with Gasteiger partial charge in [0.1, 0.15) is 0 Å². The molecule has 16 atom stereocenters. The van der Waals surface area contributed by atoms with Crippen molar-refractivity contribution in [3.05, 3.63) is 21.3 Å². The number of nitrogens with one attached hydrogen (secondary N) is 8. The van der Waals surface area contributed by atoms with Gasteiger partial charge in [-0.25, -0.2) is 0 Å². The van der Waals surface area contributed by atoms with Crippen LogP contribution >= 0.6 is 0 Å². The third-order valence-corrected chi connectivity index (χ3v) is 13.6. The van der Waals surface area contributed by atoms with Crippen molar-refractivity contribution in [1.29, 1.82) is 0 Å². The predicted molar refractivity (Wildman–Crippen MR) is 170 cm³/mol. The molecule has 0 aromatic heterocycles. The summed E-state index contributed by atoms with van der Waals surface area (Å²) in [5.74, 6) is 5.74. The van der Waals surface area contributed by atoms with E-state index in [0.29, 0.717) is 61.2 Å². The molecule has 8 nitrogen and oxygen atoms in total. The zero-order valence-electron chi connectivity index (χ0n) is 26.7. The Hall–Kier alpha value is 0.199. The molecule has 0 spiro atoms. The minimum atomic E-state index is 0. The first-order chi connectivity index (χ1) is 19.8. The Morgan fingerprint density at radius 1 is 0.326 bits per heavy atom. The average molecular weight is 645 g/mol. The molecule has 4 aliphatic carbocycles. The van der Waals surface area contributed by atoms with Crippen molar-refractivity contribution in [1.82, 2.24) is 42.5 Å². The molecule has 8 N–H and O–H groups in total. The van der Waals surface area contributed by atoms with Crippen LogP contribution in [0.1, 0.15) is 96.3 Å². The summed E-state index contributed by atoms with van der Waals surface area (Å²) in [6.07, 6.45) is 26.4. The smallest absolute Gasteiger partial charge is 0.0628 e. The van der Waals surface area contributed by atoms with Crippen LogP contribution in [0.15, 0.2) is 0 Å². The van der Waals surface area contributed by atoms with E-state index in [1.807, 2.05) is 0 Å². The topological polar surface area (TPSA) is 96.2 Å². The van der Waals surface area contributed by atoms with Crippen LogP contribution in [0.2, 0.25) is 0 Å². The van der Waals surface area contributed by atoms with Crippen LogP contribution in [0, 0.1) is 68.6 Å². The molecule has 0 aromatic rings. The minimum absolute atomic E-state index is 0. The Balaban J connectivity index is 0.00000110. The van der Waals surface area contributed by atoms with Gasteiger partial charge < -0.3 is 21.3 Å². The number of rotatable bonds is 0. The van der Waals surface area contributed by atoms with Crippen LogP contribution in [0.5, 0.6) is 0 Å². The molecule has 5 aliphatic heterocycles. The van der Waals surface area contributed by atoms with Gasteiger partial charge in [-0.3, -0.25) is 42.5 Å². The van der Waals surface area contributed by atoms with Crippen molar-refractivity contribution in [2.45, 2.75) is 146 Å². The predicted octanol–water partition coefficient (Wildman–Crippen LogP) is 3.32. The van der Waals surface area contributed by atoms with E-state index < -0.39 is 0 Å². The van der Waals surface area contributed by atoms with Crippen LogP contribution in [0.25, 0.3) is 0 Å². The Labute approximate surface area is 273 Å². The summed E-state index contributed by atoms with van der Waals surface area (Å²) in [4.78, 5) is 0. The molecule has 9 fully saturated rings. The molecule has 9 rings (SSSR count). The molecule has 8 bridgehead atoms. The van der Waals surface area contributed by atoms with Crippen molar-refractivity contribution in [2.24, 2.45) is 47.3 Å². The summed E-state index contributed by atoms with van der Waals surface area (Å²) in [6.45, 7) is 0. The Bertz CT molecular complexity index is 717. The Morgan fingerprint density at radius 2 is 0.581 bits per heavy atom. The maximum absolute atomic E-state index is 4.25. The number of fused-ring (bicyclic) bond motifs is 20. The number of hydrogen-bond donors (Lipinski definition) is 8. The standard InChI is InChI=1S/C32H55N8.2CH3.Cu/c1-2-10-18-17(9-1)25-33-26(18)38-28-21-13-5-6-14-22(21)30(35-28)40-32-24-16-8-7-15-23(24)31(36-32)39-29-20-12-4-3-11-19(20)27(34-29)37-25;;;/h9,17-40H,1-8,10-16H2;2*1H3;/q3*-1;. The van der Waals surface area contributed by atoms with E-state index in [1.165, 1.54) is 96.3 Å². The third-order valence-electron chi connectivity index (χ3n) is 13.6. The molecule has 5 heterocycles. The summed E-state index contributed by atoms with van der Waals surface area (Å²) in [7, 11) is 0. The summed E-state index contributed by atoms with van der Waals surface area (Å²) in [5, 5.41) is 33.7. The second kappa shape index (κ2) is 13.7. The van der Waals surface area contributed by atoms with Gasteiger partial charge >= 0.3 is 0 Å². The zero-order chi connectivity index (χ0) is 26.2. The van der Waals surface area contributed by atoms with Gasteiger partial charge in [0.05, 0.1) is 43.2 Å². The normalized spacial score (nSPS) is 53.6. The quantitative estimate of drug-likeness (QED) is 0.150. The fourth-order valence-corrected chi connectivity index (χ4v) is 11.7. The summed E-state index contributed by atoms with van der Waals surface area (Å²) < 4.78 is 0. The average Bonchev–Trinajstić information content (AvgIpc) is 3.73. The van der Waals surface area contributed by atoms with Gasteiger partial charge in [0.25, 0.3) is 0 Å². The van der Waals surface area contributed by atoms with Crippen LogP contribution < -0.4 is 42.5 Å². The summed E-state index contributed by atoms with van der Waals surface area (Å²) in [5.41, 5.74) is 0. The first kappa shape index (κ1) is 33.1. The fourth-order valence-electron chi connectivity index (χ4n) is 11.7. The largest absolute Gasteiger partial charge is 0.358 e. The Kier molecular flexibility index (Phi) is 10.6. The first-order valence-electron chi connectivity index (χ1n) is 17.7. The van der Waals surface area contributed by atoms with Crippen LogP contribution in [0.4, 0.5) is 0 Å². The molecule has 0 amide bonds. The first-order valence-corrected chi connectivity index (χ1v) is 17.7. The van der Waals surface area contributed by atoms with Crippen molar-refractivity contribution < 1.29 is 17.1 Å². The van der Waals surface area contributed by atoms with E-state index >= 15 is 0 Å². The molecule has 9 aliphatic rings. The molecule has 251 valence electrons. The van der Waals surface area contributed by atoms with Crippen LogP contribution in [-0.2, 0) is 17.1 Å². The van der Waals surface area contributed by atoms with E-state index in [-0.39, 0.29) is 31.9 Å². The van der Waals surface area contributed by atoms with E-state index in [9.17, 15) is 0 Å². The SMILES string of the molecule is [CH-]1CCCC2C3NC(NC4NC(NC5NC(NC6NC(N3)C3CCCCC63)C3CCCCC53)C3CCCCC43)C12.[CH3-].[CH3-].[Cu]. The van der Waals surface area contributed by atoms with Gasteiger partial charge in [0.15, 0.2) is 0 Å². The van der Waals surface area contributed by atoms with Crippen molar-refractivity contribution in [2.75, 3.05) is 0 Å². The molecule has 0 aromatic carbocycles. The molecular formula is C34H61CuN8-3. The second-order valence-electron chi connectivity index (χ2n) is 15.4. The van der Waals surface area contributed by atoms with Crippen molar-refractivity contribution in [3.63, 3.8) is 0 Å². The molecule has 1 radical (unpaired) electrons. The zero-order valence-corrected chi connectivity index (χ0v) is 27.7. The van der Waals surface area contributed by atoms with E-state index in [2.05, 4.69) is 49.0 Å². The van der Waals surface area contributed by atoms with Crippen LogP contribution in [-0.4, -0.2) is 49.3 Å². The molecular weight excluding hydrogens is 584 g/mol. The third kappa shape index (κ3) is 5.83. The maximum Gasteiger partial charge on any atom is 0.0628 e.